The summed E-state index contributed by atoms with van der Waals surface area (Å²) in [5.74, 6) is -0.125. The van der Waals surface area contributed by atoms with Crippen molar-refractivity contribution >= 4 is 11.6 Å². The lowest BCUT2D eigenvalue weighted by molar-refractivity contribution is -0.128. The van der Waals surface area contributed by atoms with Crippen LogP contribution in [0.5, 0.6) is 0 Å². The second-order valence-electron chi connectivity index (χ2n) is 5.42. The molecular formula is C18H22O3. The van der Waals surface area contributed by atoms with Gasteiger partial charge in [-0.15, -0.1) is 0 Å². The SMILES string of the molecule is CCC1=C(Cc2ccccc2)C(CCOC)C(=O)CC1=O. The number of carbonyl (C=O) groups is 2. The predicted octanol–water partition coefficient (Wildman–Crippen LogP) is 3.13. The molecule has 3 nitrogen and oxygen atoms in total. The molecule has 0 aliphatic heterocycles. The lowest BCUT2D eigenvalue weighted by Gasteiger charge is -2.27. The maximum atomic E-state index is 12.3. The lowest BCUT2D eigenvalue weighted by Crippen LogP contribution is -2.30. The van der Waals surface area contributed by atoms with E-state index in [4.69, 9.17) is 4.74 Å². The fraction of sp³-hybridized carbons (Fsp3) is 0.444. The highest BCUT2D eigenvalue weighted by Crippen LogP contribution is 2.32. The van der Waals surface area contributed by atoms with Gasteiger partial charge in [0.15, 0.2) is 5.78 Å². The molecule has 1 atom stereocenters. The van der Waals surface area contributed by atoms with Crippen LogP contribution < -0.4 is 0 Å². The van der Waals surface area contributed by atoms with Crippen molar-refractivity contribution in [3.63, 3.8) is 0 Å². The van der Waals surface area contributed by atoms with E-state index in [0.717, 1.165) is 16.7 Å². The number of benzene rings is 1. The van der Waals surface area contributed by atoms with Gasteiger partial charge in [-0.25, -0.2) is 0 Å². The number of carbonyl (C=O) groups excluding carboxylic acids is 2. The highest BCUT2D eigenvalue weighted by atomic mass is 16.5. The molecular weight excluding hydrogens is 264 g/mol. The molecule has 2 rings (SSSR count). The third-order valence-electron chi connectivity index (χ3n) is 4.07. The number of Topliss-reactive ketones (excluding diaryl/α,β-unsaturated/α-hetero) is 2. The van der Waals surface area contributed by atoms with E-state index >= 15 is 0 Å². The first-order chi connectivity index (χ1) is 10.2. The first-order valence-electron chi connectivity index (χ1n) is 7.48. The van der Waals surface area contributed by atoms with Gasteiger partial charge in [-0.2, -0.15) is 0 Å². The Kier molecular flexibility index (Phi) is 5.45. The number of ketones is 2. The van der Waals surface area contributed by atoms with Gasteiger partial charge in [0.2, 0.25) is 0 Å². The minimum atomic E-state index is -0.169. The molecule has 0 N–H and O–H groups in total. The monoisotopic (exact) mass is 286 g/mol. The Bertz CT molecular complexity index is 543. The number of methoxy groups -OCH3 is 1. The molecule has 1 unspecified atom stereocenters. The predicted molar refractivity (Wildman–Crippen MR) is 82.1 cm³/mol. The first kappa shape index (κ1) is 15.6. The van der Waals surface area contributed by atoms with Crippen molar-refractivity contribution in [1.29, 1.82) is 0 Å². The smallest absolute Gasteiger partial charge is 0.166 e. The van der Waals surface area contributed by atoms with Gasteiger partial charge in [-0.1, -0.05) is 37.3 Å². The van der Waals surface area contributed by atoms with Crippen molar-refractivity contribution in [2.45, 2.75) is 32.6 Å². The van der Waals surface area contributed by atoms with Crippen LogP contribution in [0.1, 0.15) is 31.7 Å². The molecule has 1 aliphatic rings. The van der Waals surface area contributed by atoms with Crippen LogP contribution in [0.15, 0.2) is 41.5 Å². The van der Waals surface area contributed by atoms with Crippen LogP contribution in [-0.2, 0) is 20.7 Å². The van der Waals surface area contributed by atoms with Crippen molar-refractivity contribution in [2.24, 2.45) is 5.92 Å². The van der Waals surface area contributed by atoms with Gasteiger partial charge in [0, 0.05) is 19.6 Å². The van der Waals surface area contributed by atoms with E-state index in [0.29, 0.717) is 25.9 Å². The standard InChI is InChI=1S/C18H22O3/c1-3-14-16(11-13-7-5-4-6-8-13)15(9-10-21-2)18(20)12-17(14)19/h4-8,15H,3,9-12H2,1-2H3. The molecule has 0 saturated heterocycles. The van der Waals surface area contributed by atoms with Crippen molar-refractivity contribution in [1.82, 2.24) is 0 Å². The molecule has 0 spiro atoms. The van der Waals surface area contributed by atoms with Crippen LogP contribution in [0.2, 0.25) is 0 Å². The average molecular weight is 286 g/mol. The maximum absolute atomic E-state index is 12.3. The van der Waals surface area contributed by atoms with Crippen LogP contribution in [0.4, 0.5) is 0 Å². The van der Waals surface area contributed by atoms with E-state index in [1.807, 2.05) is 37.3 Å². The lowest BCUT2D eigenvalue weighted by atomic mass is 9.76. The minimum absolute atomic E-state index is 0.00194. The van der Waals surface area contributed by atoms with Crippen LogP contribution in [0, 0.1) is 5.92 Å². The number of allylic oxidation sites excluding steroid dienone is 2. The zero-order chi connectivity index (χ0) is 15.2. The number of ether oxygens (including phenoxy) is 1. The Hall–Kier alpha value is -1.74. The molecule has 21 heavy (non-hydrogen) atoms. The van der Waals surface area contributed by atoms with Crippen LogP contribution in [-0.4, -0.2) is 25.3 Å². The highest BCUT2D eigenvalue weighted by Gasteiger charge is 2.33. The molecule has 0 radical (unpaired) electrons. The van der Waals surface area contributed by atoms with E-state index in [-0.39, 0.29) is 23.9 Å². The fourth-order valence-electron chi connectivity index (χ4n) is 3.01. The Morgan fingerprint density at radius 1 is 1.19 bits per heavy atom. The zero-order valence-corrected chi connectivity index (χ0v) is 12.7. The molecule has 0 fully saturated rings. The Morgan fingerprint density at radius 2 is 1.90 bits per heavy atom. The maximum Gasteiger partial charge on any atom is 0.166 e. The fourth-order valence-corrected chi connectivity index (χ4v) is 3.01. The van der Waals surface area contributed by atoms with Gasteiger partial charge in [0.1, 0.15) is 5.78 Å². The molecule has 1 aromatic carbocycles. The van der Waals surface area contributed by atoms with Gasteiger partial charge < -0.3 is 4.74 Å². The summed E-state index contributed by atoms with van der Waals surface area (Å²) in [6.07, 6.45) is 2.08. The summed E-state index contributed by atoms with van der Waals surface area (Å²) in [6.45, 7) is 2.53. The summed E-state index contributed by atoms with van der Waals surface area (Å²) in [4.78, 5) is 24.4. The summed E-state index contributed by atoms with van der Waals surface area (Å²) >= 11 is 0. The Morgan fingerprint density at radius 3 is 2.52 bits per heavy atom. The van der Waals surface area contributed by atoms with E-state index < -0.39 is 0 Å². The van der Waals surface area contributed by atoms with E-state index in [1.165, 1.54) is 0 Å². The Labute approximate surface area is 126 Å². The third kappa shape index (κ3) is 3.67. The molecule has 0 heterocycles. The number of rotatable bonds is 6. The van der Waals surface area contributed by atoms with E-state index in [2.05, 4.69) is 0 Å². The van der Waals surface area contributed by atoms with Crippen LogP contribution >= 0.6 is 0 Å². The summed E-state index contributed by atoms with van der Waals surface area (Å²) in [7, 11) is 1.64. The molecule has 112 valence electrons. The highest BCUT2D eigenvalue weighted by molar-refractivity contribution is 6.12. The molecule has 0 saturated carbocycles. The van der Waals surface area contributed by atoms with Crippen LogP contribution in [0.3, 0.4) is 0 Å². The van der Waals surface area contributed by atoms with Gasteiger partial charge in [-0.05, 0) is 36.0 Å². The molecule has 3 heteroatoms. The van der Waals surface area contributed by atoms with Gasteiger partial charge >= 0.3 is 0 Å². The van der Waals surface area contributed by atoms with Gasteiger partial charge in [0.05, 0.1) is 6.42 Å². The van der Waals surface area contributed by atoms with E-state index in [1.54, 1.807) is 7.11 Å². The molecule has 0 aromatic heterocycles. The topological polar surface area (TPSA) is 43.4 Å². The number of hydrogen-bond donors (Lipinski definition) is 0. The Balaban J connectivity index is 2.35. The average Bonchev–Trinajstić information content (AvgIpc) is 2.48. The summed E-state index contributed by atoms with van der Waals surface area (Å²) in [6, 6.07) is 10.0. The molecule has 1 aliphatic carbocycles. The quantitative estimate of drug-likeness (QED) is 0.755. The number of hydrogen-bond acceptors (Lipinski definition) is 3. The second-order valence-corrected chi connectivity index (χ2v) is 5.42. The van der Waals surface area contributed by atoms with Crippen LogP contribution in [0.25, 0.3) is 0 Å². The molecule has 1 aromatic rings. The minimum Gasteiger partial charge on any atom is -0.385 e. The van der Waals surface area contributed by atoms with Crippen molar-refractivity contribution < 1.29 is 14.3 Å². The second kappa shape index (κ2) is 7.32. The zero-order valence-electron chi connectivity index (χ0n) is 12.7. The van der Waals surface area contributed by atoms with E-state index in [9.17, 15) is 9.59 Å². The van der Waals surface area contributed by atoms with Gasteiger partial charge in [-0.3, -0.25) is 9.59 Å². The first-order valence-corrected chi connectivity index (χ1v) is 7.48. The third-order valence-corrected chi connectivity index (χ3v) is 4.07. The summed E-state index contributed by atoms with van der Waals surface area (Å²) in [5.41, 5.74) is 2.99. The van der Waals surface area contributed by atoms with Gasteiger partial charge in [0.25, 0.3) is 0 Å². The summed E-state index contributed by atoms with van der Waals surface area (Å²) in [5, 5.41) is 0. The summed E-state index contributed by atoms with van der Waals surface area (Å²) < 4.78 is 5.13. The normalized spacial score (nSPS) is 19.2. The van der Waals surface area contributed by atoms with Crippen molar-refractivity contribution in [2.75, 3.05) is 13.7 Å². The molecule has 0 amide bonds. The largest absolute Gasteiger partial charge is 0.385 e. The molecule has 0 bridgehead atoms. The van der Waals surface area contributed by atoms with Crippen molar-refractivity contribution in [3.8, 4) is 0 Å². The van der Waals surface area contributed by atoms with Crippen molar-refractivity contribution in [3.05, 3.63) is 47.0 Å².